The summed E-state index contributed by atoms with van der Waals surface area (Å²) in [6.45, 7) is 1.57. The second-order valence-corrected chi connectivity index (χ2v) is 5.25. The maximum atomic E-state index is 12.1. The SMILES string of the molecule is O=C(NCCCn1ccnc1)c1ccc2c(c1)CCC2. The van der Waals surface area contributed by atoms with Gasteiger partial charge in [0.1, 0.15) is 0 Å². The topological polar surface area (TPSA) is 46.9 Å². The Morgan fingerprint density at radius 1 is 1.30 bits per heavy atom. The summed E-state index contributed by atoms with van der Waals surface area (Å²) in [6.07, 6.45) is 9.88. The molecule has 1 aromatic heterocycles. The summed E-state index contributed by atoms with van der Waals surface area (Å²) in [5, 5.41) is 2.98. The molecule has 2 aromatic rings. The number of nitrogens with zero attached hydrogens (tertiary/aromatic N) is 2. The lowest BCUT2D eigenvalue weighted by Crippen LogP contribution is -2.25. The summed E-state index contributed by atoms with van der Waals surface area (Å²) in [5.41, 5.74) is 3.53. The molecule has 0 radical (unpaired) electrons. The minimum atomic E-state index is 0.0327. The molecule has 0 fully saturated rings. The van der Waals surface area contributed by atoms with E-state index in [4.69, 9.17) is 0 Å². The summed E-state index contributed by atoms with van der Waals surface area (Å²) in [7, 11) is 0. The monoisotopic (exact) mass is 269 g/mol. The molecule has 1 aromatic carbocycles. The number of rotatable bonds is 5. The van der Waals surface area contributed by atoms with Gasteiger partial charge in [-0.15, -0.1) is 0 Å². The zero-order valence-electron chi connectivity index (χ0n) is 11.5. The van der Waals surface area contributed by atoms with Crippen molar-refractivity contribution in [3.8, 4) is 0 Å². The molecule has 4 heteroatoms. The molecule has 1 aliphatic carbocycles. The third kappa shape index (κ3) is 2.90. The van der Waals surface area contributed by atoms with Crippen LogP contribution in [0.1, 0.15) is 34.3 Å². The van der Waals surface area contributed by atoms with Crippen LogP contribution in [0.15, 0.2) is 36.9 Å². The van der Waals surface area contributed by atoms with Crippen molar-refractivity contribution in [3.63, 3.8) is 0 Å². The van der Waals surface area contributed by atoms with Crippen LogP contribution in [0, 0.1) is 0 Å². The fourth-order valence-electron chi connectivity index (χ4n) is 2.70. The molecule has 0 bridgehead atoms. The van der Waals surface area contributed by atoms with E-state index in [-0.39, 0.29) is 5.91 Å². The van der Waals surface area contributed by atoms with Crippen molar-refractivity contribution in [3.05, 3.63) is 53.6 Å². The van der Waals surface area contributed by atoms with Crippen LogP contribution in [-0.4, -0.2) is 22.0 Å². The molecule has 0 aliphatic heterocycles. The van der Waals surface area contributed by atoms with Gasteiger partial charge in [0.25, 0.3) is 5.91 Å². The highest BCUT2D eigenvalue weighted by Gasteiger charge is 2.13. The van der Waals surface area contributed by atoms with Crippen LogP contribution in [0.5, 0.6) is 0 Å². The van der Waals surface area contributed by atoms with E-state index in [1.807, 2.05) is 22.9 Å². The van der Waals surface area contributed by atoms with Crippen LogP contribution in [-0.2, 0) is 19.4 Å². The Morgan fingerprint density at radius 3 is 3.05 bits per heavy atom. The summed E-state index contributed by atoms with van der Waals surface area (Å²) >= 11 is 0. The number of aromatic nitrogens is 2. The van der Waals surface area contributed by atoms with Crippen molar-refractivity contribution in [1.82, 2.24) is 14.9 Å². The van der Waals surface area contributed by atoms with E-state index in [0.29, 0.717) is 6.54 Å². The van der Waals surface area contributed by atoms with Gasteiger partial charge < -0.3 is 9.88 Å². The summed E-state index contributed by atoms with van der Waals surface area (Å²) in [4.78, 5) is 16.1. The number of aryl methyl sites for hydroxylation is 3. The molecule has 20 heavy (non-hydrogen) atoms. The summed E-state index contributed by atoms with van der Waals surface area (Å²) < 4.78 is 2.02. The molecular formula is C16H19N3O. The van der Waals surface area contributed by atoms with Crippen LogP contribution in [0.4, 0.5) is 0 Å². The van der Waals surface area contributed by atoms with Gasteiger partial charge in [-0.3, -0.25) is 4.79 Å². The van der Waals surface area contributed by atoms with Gasteiger partial charge in [0.15, 0.2) is 0 Å². The Hall–Kier alpha value is -2.10. The predicted molar refractivity (Wildman–Crippen MR) is 77.6 cm³/mol. The lowest BCUT2D eigenvalue weighted by Gasteiger charge is -2.07. The van der Waals surface area contributed by atoms with E-state index in [1.54, 1.807) is 12.5 Å². The summed E-state index contributed by atoms with van der Waals surface area (Å²) in [5.74, 6) is 0.0327. The quantitative estimate of drug-likeness (QED) is 0.846. The van der Waals surface area contributed by atoms with Crippen molar-refractivity contribution in [1.29, 1.82) is 0 Å². The van der Waals surface area contributed by atoms with E-state index in [1.165, 1.54) is 17.5 Å². The van der Waals surface area contributed by atoms with E-state index in [9.17, 15) is 4.79 Å². The average Bonchev–Trinajstić information content (AvgIpc) is 3.13. The van der Waals surface area contributed by atoms with E-state index in [2.05, 4.69) is 16.4 Å². The first-order valence-corrected chi connectivity index (χ1v) is 7.19. The number of hydrogen-bond donors (Lipinski definition) is 1. The van der Waals surface area contributed by atoms with Crippen molar-refractivity contribution in [2.24, 2.45) is 0 Å². The molecule has 0 spiro atoms. The first-order chi connectivity index (χ1) is 9.83. The number of fused-ring (bicyclic) bond motifs is 1. The third-order valence-corrected chi connectivity index (χ3v) is 3.80. The van der Waals surface area contributed by atoms with Gasteiger partial charge in [0.05, 0.1) is 6.33 Å². The number of benzene rings is 1. The molecule has 104 valence electrons. The highest BCUT2D eigenvalue weighted by atomic mass is 16.1. The lowest BCUT2D eigenvalue weighted by atomic mass is 10.1. The Morgan fingerprint density at radius 2 is 2.20 bits per heavy atom. The standard InChI is InChI=1S/C16H19N3O/c20-16(18-7-2-9-19-10-8-17-12-19)15-6-5-13-3-1-4-14(13)11-15/h5-6,8,10-12H,1-4,7,9H2,(H,18,20). The molecule has 1 heterocycles. The molecule has 1 amide bonds. The Balaban J connectivity index is 1.49. The van der Waals surface area contributed by atoms with E-state index >= 15 is 0 Å². The van der Waals surface area contributed by atoms with Gasteiger partial charge in [-0.25, -0.2) is 4.98 Å². The van der Waals surface area contributed by atoms with Gasteiger partial charge in [-0.2, -0.15) is 0 Å². The maximum Gasteiger partial charge on any atom is 0.251 e. The van der Waals surface area contributed by atoms with Crippen LogP contribution >= 0.6 is 0 Å². The fourth-order valence-corrected chi connectivity index (χ4v) is 2.70. The van der Waals surface area contributed by atoms with Crippen molar-refractivity contribution >= 4 is 5.91 Å². The van der Waals surface area contributed by atoms with Gasteiger partial charge in [0, 0.05) is 31.0 Å². The molecule has 0 saturated carbocycles. The highest BCUT2D eigenvalue weighted by Crippen LogP contribution is 2.22. The Bertz CT molecular complexity index is 590. The van der Waals surface area contributed by atoms with Gasteiger partial charge in [-0.1, -0.05) is 6.07 Å². The first kappa shape index (κ1) is 12.9. The van der Waals surface area contributed by atoms with Crippen molar-refractivity contribution < 1.29 is 4.79 Å². The molecule has 1 N–H and O–H groups in total. The van der Waals surface area contributed by atoms with Gasteiger partial charge >= 0.3 is 0 Å². The zero-order valence-corrected chi connectivity index (χ0v) is 11.5. The molecular weight excluding hydrogens is 250 g/mol. The Labute approximate surface area is 118 Å². The minimum absolute atomic E-state index is 0.0327. The largest absolute Gasteiger partial charge is 0.352 e. The molecule has 0 saturated heterocycles. The van der Waals surface area contributed by atoms with Gasteiger partial charge in [-0.05, 0) is 48.9 Å². The average molecular weight is 269 g/mol. The second kappa shape index (κ2) is 5.90. The third-order valence-electron chi connectivity index (χ3n) is 3.80. The van der Waals surface area contributed by atoms with Crippen molar-refractivity contribution in [2.45, 2.75) is 32.2 Å². The van der Waals surface area contributed by atoms with Gasteiger partial charge in [0.2, 0.25) is 0 Å². The smallest absolute Gasteiger partial charge is 0.251 e. The molecule has 0 atom stereocenters. The molecule has 3 rings (SSSR count). The molecule has 0 unspecified atom stereocenters. The second-order valence-electron chi connectivity index (χ2n) is 5.25. The van der Waals surface area contributed by atoms with Crippen LogP contribution in [0.3, 0.4) is 0 Å². The van der Waals surface area contributed by atoms with Crippen LogP contribution in [0.25, 0.3) is 0 Å². The zero-order chi connectivity index (χ0) is 13.8. The summed E-state index contributed by atoms with van der Waals surface area (Å²) in [6, 6.07) is 6.09. The number of carbonyl (C=O) groups is 1. The normalized spacial score (nSPS) is 13.2. The fraction of sp³-hybridized carbons (Fsp3) is 0.375. The number of amides is 1. The molecule has 1 aliphatic rings. The predicted octanol–water partition coefficient (Wildman–Crippen LogP) is 2.19. The molecule has 4 nitrogen and oxygen atoms in total. The first-order valence-electron chi connectivity index (χ1n) is 7.19. The minimum Gasteiger partial charge on any atom is -0.352 e. The van der Waals surface area contributed by atoms with E-state index < -0.39 is 0 Å². The van der Waals surface area contributed by atoms with Crippen molar-refractivity contribution in [2.75, 3.05) is 6.54 Å². The number of carbonyl (C=O) groups excluding carboxylic acids is 1. The number of hydrogen-bond acceptors (Lipinski definition) is 2. The number of nitrogens with one attached hydrogen (secondary N) is 1. The highest BCUT2D eigenvalue weighted by molar-refractivity contribution is 5.94. The van der Waals surface area contributed by atoms with Crippen LogP contribution < -0.4 is 5.32 Å². The lowest BCUT2D eigenvalue weighted by molar-refractivity contribution is 0.0952. The Kier molecular flexibility index (Phi) is 3.81. The van der Waals surface area contributed by atoms with E-state index in [0.717, 1.165) is 31.4 Å². The van der Waals surface area contributed by atoms with Crippen LogP contribution in [0.2, 0.25) is 0 Å². The maximum absolute atomic E-state index is 12.1. The number of imidazole rings is 1.